The van der Waals surface area contributed by atoms with Gasteiger partial charge in [0.25, 0.3) is 0 Å². The van der Waals surface area contributed by atoms with E-state index in [0.717, 1.165) is 12.8 Å². The van der Waals surface area contributed by atoms with Crippen LogP contribution in [0.15, 0.2) is 12.2 Å². The van der Waals surface area contributed by atoms with Crippen molar-refractivity contribution < 1.29 is 9.53 Å². The molecule has 0 bridgehead atoms. The minimum Gasteiger partial charge on any atom is -0.459 e. The van der Waals surface area contributed by atoms with Crippen molar-refractivity contribution in [3.05, 3.63) is 12.2 Å². The van der Waals surface area contributed by atoms with Crippen LogP contribution in [0.2, 0.25) is 0 Å². The summed E-state index contributed by atoms with van der Waals surface area (Å²) in [4.78, 5) is 11.4. The molecule has 0 radical (unpaired) electrons. The van der Waals surface area contributed by atoms with Crippen molar-refractivity contribution in [3.8, 4) is 0 Å². The van der Waals surface area contributed by atoms with E-state index in [4.69, 9.17) is 4.74 Å². The lowest BCUT2D eigenvalue weighted by Gasteiger charge is -2.38. The van der Waals surface area contributed by atoms with Gasteiger partial charge in [-0.1, -0.05) is 27.4 Å². The molecular formula is C13H22O2. The first-order chi connectivity index (χ1) is 6.80. The van der Waals surface area contributed by atoms with Crippen LogP contribution in [-0.2, 0) is 9.53 Å². The Kier molecular flexibility index (Phi) is 3.58. The molecule has 2 atom stereocenters. The highest BCUT2D eigenvalue weighted by atomic mass is 16.5. The maximum atomic E-state index is 11.4. The largest absolute Gasteiger partial charge is 0.459 e. The van der Waals surface area contributed by atoms with Crippen LogP contribution < -0.4 is 0 Å². The second-order valence-corrected chi connectivity index (χ2v) is 5.72. The number of rotatable bonds is 2. The van der Waals surface area contributed by atoms with Gasteiger partial charge in [0, 0.05) is 5.57 Å². The second-order valence-electron chi connectivity index (χ2n) is 5.72. The Hall–Kier alpha value is -0.790. The Balaban J connectivity index is 2.56. The minimum atomic E-state index is -0.245. The molecule has 2 heteroatoms. The van der Waals surface area contributed by atoms with Gasteiger partial charge in [0.05, 0.1) is 0 Å². The lowest BCUT2D eigenvalue weighted by molar-refractivity contribution is -0.148. The summed E-state index contributed by atoms with van der Waals surface area (Å²) >= 11 is 0. The molecule has 0 aromatic heterocycles. The molecule has 1 aliphatic carbocycles. The molecule has 1 saturated carbocycles. The van der Waals surface area contributed by atoms with E-state index in [-0.39, 0.29) is 17.5 Å². The average molecular weight is 210 g/mol. The zero-order chi connectivity index (χ0) is 11.6. The Bertz CT molecular complexity index is 266. The van der Waals surface area contributed by atoms with Crippen LogP contribution in [0.4, 0.5) is 0 Å². The fraction of sp³-hybridized carbons (Fsp3) is 0.769. The molecule has 15 heavy (non-hydrogen) atoms. The van der Waals surface area contributed by atoms with E-state index in [2.05, 4.69) is 27.4 Å². The van der Waals surface area contributed by atoms with Crippen LogP contribution in [0, 0.1) is 11.3 Å². The van der Waals surface area contributed by atoms with Crippen molar-refractivity contribution in [2.75, 3.05) is 0 Å². The molecule has 0 heterocycles. The summed E-state index contributed by atoms with van der Waals surface area (Å²) in [6, 6.07) is 0. The third-order valence-electron chi connectivity index (χ3n) is 2.97. The van der Waals surface area contributed by atoms with Crippen molar-refractivity contribution in [2.45, 2.75) is 53.1 Å². The van der Waals surface area contributed by atoms with Gasteiger partial charge in [-0.15, -0.1) is 0 Å². The monoisotopic (exact) mass is 210 g/mol. The third kappa shape index (κ3) is 3.69. The van der Waals surface area contributed by atoms with E-state index >= 15 is 0 Å². The first kappa shape index (κ1) is 12.3. The summed E-state index contributed by atoms with van der Waals surface area (Å²) in [5.41, 5.74) is 0.781. The summed E-state index contributed by atoms with van der Waals surface area (Å²) in [6.45, 7) is 12.0. The number of carbonyl (C=O) groups is 1. The highest BCUT2D eigenvalue weighted by molar-refractivity contribution is 5.87. The van der Waals surface area contributed by atoms with E-state index in [1.807, 2.05) is 0 Å². The fourth-order valence-electron chi connectivity index (χ4n) is 2.60. The van der Waals surface area contributed by atoms with Gasteiger partial charge in [0.1, 0.15) is 6.10 Å². The molecule has 86 valence electrons. The van der Waals surface area contributed by atoms with Crippen LogP contribution in [0.5, 0.6) is 0 Å². The molecule has 0 spiro atoms. The number of esters is 1. The Morgan fingerprint density at radius 3 is 2.47 bits per heavy atom. The third-order valence-corrected chi connectivity index (χ3v) is 2.97. The van der Waals surface area contributed by atoms with Crippen LogP contribution >= 0.6 is 0 Å². The van der Waals surface area contributed by atoms with Crippen molar-refractivity contribution in [3.63, 3.8) is 0 Å². The quantitative estimate of drug-likeness (QED) is 0.516. The van der Waals surface area contributed by atoms with Gasteiger partial charge < -0.3 is 4.74 Å². The highest BCUT2D eigenvalue weighted by Crippen LogP contribution is 2.39. The Morgan fingerprint density at radius 1 is 1.40 bits per heavy atom. The summed E-state index contributed by atoms with van der Waals surface area (Å²) < 4.78 is 5.42. The first-order valence-electron chi connectivity index (χ1n) is 5.66. The standard InChI is InChI=1S/C13H22O2/c1-9(2)12(14)15-11-6-10(3)7-13(4,5)8-11/h10-11H,1,6-8H2,2-5H3/t10-,11+/m0/s1. The van der Waals surface area contributed by atoms with Crippen molar-refractivity contribution in [1.29, 1.82) is 0 Å². The maximum Gasteiger partial charge on any atom is 0.333 e. The van der Waals surface area contributed by atoms with Crippen molar-refractivity contribution in [1.82, 2.24) is 0 Å². The van der Waals surface area contributed by atoms with Gasteiger partial charge in [-0.2, -0.15) is 0 Å². The summed E-state index contributed by atoms with van der Waals surface area (Å²) in [7, 11) is 0. The van der Waals surface area contributed by atoms with Gasteiger partial charge in [-0.05, 0) is 37.5 Å². The molecule has 0 aromatic rings. The zero-order valence-electron chi connectivity index (χ0n) is 10.3. The number of hydrogen-bond acceptors (Lipinski definition) is 2. The van der Waals surface area contributed by atoms with Gasteiger partial charge in [0.2, 0.25) is 0 Å². The lowest BCUT2D eigenvalue weighted by atomic mass is 9.71. The SMILES string of the molecule is C=C(C)C(=O)O[C@@H]1C[C@H](C)CC(C)(C)C1. The van der Waals surface area contributed by atoms with Crippen LogP contribution in [0.25, 0.3) is 0 Å². The molecular weight excluding hydrogens is 188 g/mol. The topological polar surface area (TPSA) is 26.3 Å². The average Bonchev–Trinajstić information content (AvgIpc) is 1.99. The van der Waals surface area contributed by atoms with E-state index in [1.54, 1.807) is 6.92 Å². The summed E-state index contributed by atoms with van der Waals surface area (Å²) in [5, 5.41) is 0. The predicted molar refractivity (Wildman–Crippen MR) is 61.5 cm³/mol. The molecule has 1 rings (SSSR count). The molecule has 0 N–H and O–H groups in total. The van der Waals surface area contributed by atoms with Crippen molar-refractivity contribution in [2.24, 2.45) is 11.3 Å². The number of hydrogen-bond donors (Lipinski definition) is 0. The second kappa shape index (κ2) is 4.38. The lowest BCUT2D eigenvalue weighted by Crippen LogP contribution is -2.34. The first-order valence-corrected chi connectivity index (χ1v) is 5.66. The summed E-state index contributed by atoms with van der Waals surface area (Å²) in [6.07, 6.45) is 3.25. The molecule has 1 fully saturated rings. The van der Waals surface area contributed by atoms with Crippen molar-refractivity contribution >= 4 is 5.97 Å². The molecule has 2 nitrogen and oxygen atoms in total. The Labute approximate surface area is 92.7 Å². The molecule has 0 saturated heterocycles. The van der Waals surface area contributed by atoms with Gasteiger partial charge in [-0.3, -0.25) is 0 Å². The van der Waals surface area contributed by atoms with Crippen LogP contribution in [0.1, 0.15) is 47.0 Å². The number of carbonyl (C=O) groups excluding carboxylic acids is 1. The molecule has 1 aliphatic rings. The predicted octanol–water partition coefficient (Wildman–Crippen LogP) is 3.32. The van der Waals surface area contributed by atoms with E-state index in [9.17, 15) is 4.79 Å². The molecule has 0 aromatic carbocycles. The van der Waals surface area contributed by atoms with E-state index < -0.39 is 0 Å². The van der Waals surface area contributed by atoms with E-state index in [0.29, 0.717) is 11.5 Å². The van der Waals surface area contributed by atoms with E-state index in [1.165, 1.54) is 6.42 Å². The van der Waals surface area contributed by atoms with Crippen LogP contribution in [0.3, 0.4) is 0 Å². The highest BCUT2D eigenvalue weighted by Gasteiger charge is 2.33. The smallest absolute Gasteiger partial charge is 0.333 e. The van der Waals surface area contributed by atoms with Crippen LogP contribution in [-0.4, -0.2) is 12.1 Å². The number of ether oxygens (including phenoxy) is 1. The van der Waals surface area contributed by atoms with Gasteiger partial charge in [0.15, 0.2) is 0 Å². The Morgan fingerprint density at radius 2 is 2.00 bits per heavy atom. The molecule has 0 unspecified atom stereocenters. The zero-order valence-corrected chi connectivity index (χ0v) is 10.3. The van der Waals surface area contributed by atoms with Gasteiger partial charge >= 0.3 is 5.97 Å². The van der Waals surface area contributed by atoms with Gasteiger partial charge in [-0.25, -0.2) is 4.79 Å². The molecule has 0 aliphatic heterocycles. The normalized spacial score (nSPS) is 29.6. The fourth-order valence-corrected chi connectivity index (χ4v) is 2.60. The molecule has 0 amide bonds. The maximum absolute atomic E-state index is 11.4. The minimum absolute atomic E-state index is 0.0768. The summed E-state index contributed by atoms with van der Waals surface area (Å²) in [5.74, 6) is 0.390.